The van der Waals surface area contributed by atoms with E-state index in [9.17, 15) is 18.0 Å². The fourth-order valence-electron chi connectivity index (χ4n) is 2.87. The summed E-state index contributed by atoms with van der Waals surface area (Å²) in [7, 11) is -2.22. The second-order valence-corrected chi connectivity index (χ2v) is 8.84. The minimum Gasteiger partial charge on any atom is -0.495 e. The first-order chi connectivity index (χ1) is 14.3. The van der Waals surface area contributed by atoms with Gasteiger partial charge in [-0.25, -0.2) is 13.1 Å². The summed E-state index contributed by atoms with van der Waals surface area (Å²) in [5.41, 5.74) is 1.66. The predicted molar refractivity (Wildman–Crippen MR) is 113 cm³/mol. The summed E-state index contributed by atoms with van der Waals surface area (Å²) in [6, 6.07) is 11.5. The van der Waals surface area contributed by atoms with E-state index in [1.165, 1.54) is 25.3 Å². The van der Waals surface area contributed by atoms with E-state index in [1.54, 1.807) is 12.1 Å². The molecule has 160 valence electrons. The van der Waals surface area contributed by atoms with Crippen LogP contribution in [0.2, 0.25) is 0 Å². The summed E-state index contributed by atoms with van der Waals surface area (Å²) in [4.78, 5) is 24.6. The summed E-state index contributed by atoms with van der Waals surface area (Å²) >= 11 is 0. The zero-order valence-corrected chi connectivity index (χ0v) is 17.7. The Balaban J connectivity index is 1.60. The van der Waals surface area contributed by atoms with Crippen molar-refractivity contribution >= 4 is 27.5 Å². The van der Waals surface area contributed by atoms with Crippen molar-refractivity contribution in [2.24, 2.45) is 0 Å². The fraction of sp³-hybridized carbons (Fsp3) is 0.333. The molecule has 0 atom stereocenters. The number of sulfonamides is 1. The molecule has 0 spiro atoms. The lowest BCUT2D eigenvalue weighted by atomic mass is 10.1. The van der Waals surface area contributed by atoms with Gasteiger partial charge in [0.15, 0.2) is 0 Å². The summed E-state index contributed by atoms with van der Waals surface area (Å²) in [6.07, 6.45) is 1.68. The van der Waals surface area contributed by atoms with Gasteiger partial charge in [0, 0.05) is 24.6 Å². The molecule has 3 N–H and O–H groups in total. The van der Waals surface area contributed by atoms with Crippen LogP contribution in [0.1, 0.15) is 35.2 Å². The summed E-state index contributed by atoms with van der Waals surface area (Å²) in [5, 5.41) is 5.37. The Labute approximate surface area is 176 Å². The summed E-state index contributed by atoms with van der Waals surface area (Å²) in [6.45, 7) is 1.98. The number of anilines is 1. The minimum atomic E-state index is -3.66. The van der Waals surface area contributed by atoms with Crippen LogP contribution < -0.4 is 20.1 Å². The Kier molecular flexibility index (Phi) is 6.73. The van der Waals surface area contributed by atoms with Gasteiger partial charge in [-0.1, -0.05) is 18.2 Å². The Morgan fingerprint density at radius 3 is 2.53 bits per heavy atom. The van der Waals surface area contributed by atoms with Crippen LogP contribution >= 0.6 is 0 Å². The van der Waals surface area contributed by atoms with E-state index in [1.807, 2.05) is 19.1 Å². The molecular weight excluding hydrogens is 406 g/mol. The quantitative estimate of drug-likeness (QED) is 0.563. The topological polar surface area (TPSA) is 114 Å². The van der Waals surface area contributed by atoms with Crippen molar-refractivity contribution < 1.29 is 22.7 Å². The molecule has 8 nitrogen and oxygen atoms in total. The highest BCUT2D eigenvalue weighted by Gasteiger charge is 2.28. The maximum absolute atomic E-state index is 12.4. The van der Waals surface area contributed by atoms with Crippen molar-refractivity contribution in [3.8, 4) is 5.75 Å². The third-order valence-corrected chi connectivity index (χ3v) is 6.20. The molecule has 9 heteroatoms. The van der Waals surface area contributed by atoms with Crippen LogP contribution in [0.4, 0.5) is 5.69 Å². The molecule has 0 aliphatic heterocycles. The van der Waals surface area contributed by atoms with Crippen LogP contribution in [0.25, 0.3) is 0 Å². The smallest absolute Gasteiger partial charge is 0.251 e. The number of carbonyl (C=O) groups is 2. The van der Waals surface area contributed by atoms with E-state index in [2.05, 4.69) is 15.4 Å². The Morgan fingerprint density at radius 1 is 1.13 bits per heavy atom. The molecule has 0 saturated heterocycles. The summed E-state index contributed by atoms with van der Waals surface area (Å²) < 4.78 is 32.7. The average Bonchev–Trinajstić information content (AvgIpc) is 3.51. The number of aryl methyl sites for hydroxylation is 1. The predicted octanol–water partition coefficient (Wildman–Crippen LogP) is 2.20. The maximum Gasteiger partial charge on any atom is 0.251 e. The van der Waals surface area contributed by atoms with Crippen LogP contribution in [-0.2, 0) is 14.8 Å². The number of benzene rings is 2. The van der Waals surface area contributed by atoms with Gasteiger partial charge in [0.1, 0.15) is 5.75 Å². The van der Waals surface area contributed by atoms with Crippen molar-refractivity contribution in [1.82, 2.24) is 10.0 Å². The molecule has 2 aromatic carbocycles. The van der Waals surface area contributed by atoms with Gasteiger partial charge in [-0.3, -0.25) is 9.59 Å². The molecular formula is C21H25N3O5S. The zero-order chi connectivity index (χ0) is 21.7. The largest absolute Gasteiger partial charge is 0.495 e. The van der Waals surface area contributed by atoms with Gasteiger partial charge >= 0.3 is 0 Å². The number of methoxy groups -OCH3 is 1. The van der Waals surface area contributed by atoms with Gasteiger partial charge in [0.2, 0.25) is 15.9 Å². The molecule has 1 fully saturated rings. The standard InChI is InChI=1S/C21H25N3O5S/c1-14-5-3-4-6-17(14)21(26)22-12-11-20(25)23-18-13-16(9-10-19(18)29-2)30(27,28)24-15-7-8-15/h3-6,9-10,13,15,24H,7-8,11-12H2,1-2H3,(H,22,26)(H,23,25). The van der Waals surface area contributed by atoms with Crippen molar-refractivity contribution in [3.63, 3.8) is 0 Å². The van der Waals surface area contributed by atoms with Crippen LogP contribution in [-0.4, -0.2) is 39.9 Å². The van der Waals surface area contributed by atoms with Crippen molar-refractivity contribution in [1.29, 1.82) is 0 Å². The SMILES string of the molecule is COc1ccc(S(=O)(=O)NC2CC2)cc1NC(=O)CCNC(=O)c1ccccc1C. The Morgan fingerprint density at radius 2 is 1.87 bits per heavy atom. The number of rotatable bonds is 9. The molecule has 1 aliphatic carbocycles. The fourth-order valence-corrected chi connectivity index (χ4v) is 4.20. The number of hydrogen-bond acceptors (Lipinski definition) is 5. The monoisotopic (exact) mass is 431 g/mol. The van der Waals surface area contributed by atoms with Crippen LogP contribution in [0.15, 0.2) is 47.4 Å². The first-order valence-electron chi connectivity index (χ1n) is 9.64. The van der Waals surface area contributed by atoms with Crippen molar-refractivity contribution in [3.05, 3.63) is 53.6 Å². The highest BCUT2D eigenvalue weighted by atomic mass is 32.2. The zero-order valence-electron chi connectivity index (χ0n) is 16.9. The molecule has 2 aromatic rings. The second kappa shape index (κ2) is 9.27. The highest BCUT2D eigenvalue weighted by molar-refractivity contribution is 7.89. The number of carbonyl (C=O) groups excluding carboxylic acids is 2. The molecule has 2 amide bonds. The average molecular weight is 432 g/mol. The lowest BCUT2D eigenvalue weighted by Crippen LogP contribution is -2.28. The number of amides is 2. The van der Waals surface area contributed by atoms with E-state index < -0.39 is 10.0 Å². The minimum absolute atomic E-state index is 0.0213. The van der Waals surface area contributed by atoms with Gasteiger partial charge in [-0.05, 0) is 49.6 Å². The molecule has 1 aliphatic rings. The van der Waals surface area contributed by atoms with E-state index >= 15 is 0 Å². The number of ether oxygens (including phenoxy) is 1. The lowest BCUT2D eigenvalue weighted by molar-refractivity contribution is -0.116. The first kappa shape index (κ1) is 21.8. The number of nitrogens with one attached hydrogen (secondary N) is 3. The molecule has 0 aromatic heterocycles. The molecule has 0 radical (unpaired) electrons. The molecule has 3 rings (SSSR count). The van der Waals surface area contributed by atoms with Gasteiger partial charge in [-0.15, -0.1) is 0 Å². The molecule has 0 bridgehead atoms. The van der Waals surface area contributed by atoms with E-state index in [0.29, 0.717) is 11.3 Å². The second-order valence-electron chi connectivity index (χ2n) is 7.13. The number of hydrogen-bond donors (Lipinski definition) is 3. The van der Waals surface area contributed by atoms with Gasteiger partial charge < -0.3 is 15.4 Å². The van der Waals surface area contributed by atoms with Crippen LogP contribution in [0, 0.1) is 6.92 Å². The third-order valence-electron chi connectivity index (χ3n) is 4.68. The molecule has 1 saturated carbocycles. The maximum atomic E-state index is 12.4. The van der Waals surface area contributed by atoms with Crippen molar-refractivity contribution in [2.75, 3.05) is 19.0 Å². The van der Waals surface area contributed by atoms with Gasteiger partial charge in [0.25, 0.3) is 5.91 Å². The van der Waals surface area contributed by atoms with Crippen LogP contribution in [0.3, 0.4) is 0 Å². The van der Waals surface area contributed by atoms with Gasteiger partial charge in [-0.2, -0.15) is 0 Å². The summed E-state index contributed by atoms with van der Waals surface area (Å²) in [5.74, 6) is -0.279. The Bertz CT molecular complexity index is 1050. The van der Waals surface area contributed by atoms with Crippen LogP contribution in [0.5, 0.6) is 5.75 Å². The molecule has 0 unspecified atom stereocenters. The first-order valence-corrected chi connectivity index (χ1v) is 11.1. The lowest BCUT2D eigenvalue weighted by Gasteiger charge is -2.13. The third kappa shape index (κ3) is 5.58. The highest BCUT2D eigenvalue weighted by Crippen LogP contribution is 2.29. The Hall–Kier alpha value is -2.91. The van der Waals surface area contributed by atoms with Crippen molar-refractivity contribution in [2.45, 2.75) is 37.1 Å². The van der Waals surface area contributed by atoms with E-state index in [0.717, 1.165) is 18.4 Å². The van der Waals surface area contributed by atoms with E-state index in [-0.39, 0.29) is 41.4 Å². The molecule has 30 heavy (non-hydrogen) atoms. The van der Waals surface area contributed by atoms with Gasteiger partial charge in [0.05, 0.1) is 17.7 Å². The molecule has 0 heterocycles. The normalized spacial score (nSPS) is 13.5. The van der Waals surface area contributed by atoms with E-state index in [4.69, 9.17) is 4.74 Å².